The van der Waals surface area contributed by atoms with Crippen LogP contribution in [0.2, 0.25) is 0 Å². The van der Waals surface area contributed by atoms with Crippen molar-refractivity contribution in [3.63, 3.8) is 0 Å². The first-order valence-electron chi connectivity index (χ1n) is 6.41. The van der Waals surface area contributed by atoms with Crippen LogP contribution in [0, 0.1) is 5.82 Å². The quantitative estimate of drug-likeness (QED) is 0.789. The van der Waals surface area contributed by atoms with Crippen LogP contribution in [0.15, 0.2) is 36.7 Å². The molecule has 122 valence electrons. The van der Waals surface area contributed by atoms with Gasteiger partial charge in [0.2, 0.25) is 0 Å². The molecular formula is C14H12F3N3O3. The molecule has 0 radical (unpaired) electrons. The van der Waals surface area contributed by atoms with E-state index in [-0.39, 0.29) is 11.3 Å². The standard InChI is InChI=1S/C14H12F3N3O3/c15-8-2-1-3-9(4-8)20-6-10(13(21)22)11(7-20)19-14(23)18-5-12(16)17/h1-4,6-7,12H,5H2,(H,21,22)(H2,18,19,23). The molecular weight excluding hydrogens is 315 g/mol. The highest BCUT2D eigenvalue weighted by molar-refractivity contribution is 6.00. The molecule has 3 N–H and O–H groups in total. The first-order valence-corrected chi connectivity index (χ1v) is 6.41. The van der Waals surface area contributed by atoms with Gasteiger partial charge < -0.3 is 20.3 Å². The number of carboxylic acids is 1. The molecule has 0 fully saturated rings. The predicted octanol–water partition coefficient (Wildman–Crippen LogP) is 2.70. The third kappa shape index (κ3) is 4.25. The fraction of sp³-hybridized carbons (Fsp3) is 0.143. The van der Waals surface area contributed by atoms with E-state index in [0.717, 1.165) is 0 Å². The SMILES string of the molecule is O=C(NCC(F)F)Nc1cn(-c2cccc(F)c2)cc1C(=O)O. The monoisotopic (exact) mass is 327 g/mol. The molecule has 0 atom stereocenters. The largest absolute Gasteiger partial charge is 0.478 e. The lowest BCUT2D eigenvalue weighted by Crippen LogP contribution is -2.32. The highest BCUT2D eigenvalue weighted by Crippen LogP contribution is 2.21. The van der Waals surface area contributed by atoms with Crippen molar-refractivity contribution in [2.24, 2.45) is 0 Å². The lowest BCUT2D eigenvalue weighted by atomic mass is 10.3. The Kier molecular flexibility index (Phi) is 4.89. The molecule has 0 bridgehead atoms. The van der Waals surface area contributed by atoms with Gasteiger partial charge in [0.05, 0.1) is 12.2 Å². The smallest absolute Gasteiger partial charge is 0.339 e. The van der Waals surface area contributed by atoms with Gasteiger partial charge in [-0.15, -0.1) is 0 Å². The molecule has 0 aliphatic rings. The first-order chi connectivity index (χ1) is 10.9. The zero-order chi connectivity index (χ0) is 17.0. The molecule has 6 nitrogen and oxygen atoms in total. The molecule has 0 aliphatic carbocycles. The van der Waals surface area contributed by atoms with Gasteiger partial charge in [0, 0.05) is 18.1 Å². The fourth-order valence-corrected chi connectivity index (χ4v) is 1.85. The van der Waals surface area contributed by atoms with Crippen molar-refractivity contribution in [3.05, 3.63) is 48.0 Å². The van der Waals surface area contributed by atoms with Gasteiger partial charge in [0.1, 0.15) is 11.4 Å². The summed E-state index contributed by atoms with van der Waals surface area (Å²) in [6.45, 7) is -0.862. The summed E-state index contributed by atoms with van der Waals surface area (Å²) in [5.41, 5.74) is -0.0245. The third-order valence-electron chi connectivity index (χ3n) is 2.83. The Morgan fingerprint density at radius 2 is 2.00 bits per heavy atom. The van der Waals surface area contributed by atoms with Gasteiger partial charge in [-0.3, -0.25) is 0 Å². The lowest BCUT2D eigenvalue weighted by Gasteiger charge is -2.06. The van der Waals surface area contributed by atoms with Gasteiger partial charge in [-0.1, -0.05) is 6.07 Å². The van der Waals surface area contributed by atoms with E-state index in [1.165, 1.54) is 41.2 Å². The second kappa shape index (κ2) is 6.86. The third-order valence-corrected chi connectivity index (χ3v) is 2.83. The molecule has 2 amide bonds. The summed E-state index contributed by atoms with van der Waals surface area (Å²) in [7, 11) is 0. The molecule has 0 unspecified atom stereocenters. The summed E-state index contributed by atoms with van der Waals surface area (Å²) < 4.78 is 38.6. The number of rotatable bonds is 5. The van der Waals surface area contributed by atoms with Gasteiger partial charge >= 0.3 is 12.0 Å². The topological polar surface area (TPSA) is 83.4 Å². The van der Waals surface area contributed by atoms with E-state index in [1.54, 1.807) is 0 Å². The minimum Gasteiger partial charge on any atom is -0.478 e. The van der Waals surface area contributed by atoms with Crippen LogP contribution in [0.1, 0.15) is 10.4 Å². The van der Waals surface area contributed by atoms with Gasteiger partial charge in [0.15, 0.2) is 0 Å². The minimum atomic E-state index is -2.73. The number of carboxylic acid groups (broad SMARTS) is 1. The predicted molar refractivity (Wildman–Crippen MR) is 75.7 cm³/mol. The molecule has 2 aromatic rings. The number of nitrogens with zero attached hydrogens (tertiary/aromatic N) is 1. The molecule has 2 rings (SSSR count). The molecule has 23 heavy (non-hydrogen) atoms. The van der Waals surface area contributed by atoms with Gasteiger partial charge in [-0.2, -0.15) is 0 Å². The first kappa shape index (κ1) is 16.4. The number of hydrogen-bond donors (Lipinski definition) is 3. The van der Waals surface area contributed by atoms with Crippen molar-refractivity contribution < 1.29 is 27.9 Å². The van der Waals surface area contributed by atoms with E-state index in [4.69, 9.17) is 5.11 Å². The van der Waals surface area contributed by atoms with Gasteiger partial charge in [-0.05, 0) is 18.2 Å². The van der Waals surface area contributed by atoms with Crippen LogP contribution in [0.25, 0.3) is 5.69 Å². The fourth-order valence-electron chi connectivity index (χ4n) is 1.85. The van der Waals surface area contributed by atoms with Crippen LogP contribution >= 0.6 is 0 Å². The van der Waals surface area contributed by atoms with Crippen LogP contribution in [-0.2, 0) is 0 Å². The Bertz CT molecular complexity index is 731. The van der Waals surface area contributed by atoms with Crippen molar-refractivity contribution in [3.8, 4) is 5.69 Å². The van der Waals surface area contributed by atoms with Crippen LogP contribution < -0.4 is 10.6 Å². The molecule has 0 saturated heterocycles. The van der Waals surface area contributed by atoms with Crippen molar-refractivity contribution in [1.82, 2.24) is 9.88 Å². The lowest BCUT2D eigenvalue weighted by molar-refractivity contribution is 0.0698. The van der Waals surface area contributed by atoms with Crippen molar-refractivity contribution in [2.45, 2.75) is 6.43 Å². The number of aromatic carboxylic acids is 1. The number of hydrogen-bond acceptors (Lipinski definition) is 2. The van der Waals surface area contributed by atoms with Crippen LogP contribution in [0.3, 0.4) is 0 Å². The highest BCUT2D eigenvalue weighted by atomic mass is 19.3. The average molecular weight is 327 g/mol. The highest BCUT2D eigenvalue weighted by Gasteiger charge is 2.17. The normalized spacial score (nSPS) is 10.6. The Balaban J connectivity index is 2.25. The molecule has 0 saturated carbocycles. The zero-order valence-corrected chi connectivity index (χ0v) is 11.6. The molecule has 0 aliphatic heterocycles. The van der Waals surface area contributed by atoms with Crippen molar-refractivity contribution in [1.29, 1.82) is 0 Å². The number of aromatic nitrogens is 1. The number of carbonyl (C=O) groups is 2. The summed E-state index contributed by atoms with van der Waals surface area (Å²) in [5.74, 6) is -1.85. The number of alkyl halides is 2. The molecule has 9 heteroatoms. The number of halogens is 3. The number of carbonyl (C=O) groups excluding carboxylic acids is 1. The van der Waals surface area contributed by atoms with Gasteiger partial charge in [0.25, 0.3) is 6.43 Å². The second-order valence-electron chi connectivity index (χ2n) is 4.50. The van der Waals surface area contributed by atoms with E-state index in [0.29, 0.717) is 5.69 Å². The van der Waals surface area contributed by atoms with Gasteiger partial charge in [-0.25, -0.2) is 22.8 Å². The van der Waals surface area contributed by atoms with E-state index in [9.17, 15) is 22.8 Å². The summed E-state index contributed by atoms with van der Waals surface area (Å²) in [6.07, 6.45) is -0.295. The molecule has 1 heterocycles. The van der Waals surface area contributed by atoms with E-state index in [2.05, 4.69) is 5.32 Å². The molecule has 1 aromatic heterocycles. The Labute approximate surface area is 128 Å². The average Bonchev–Trinajstić information content (AvgIpc) is 2.89. The summed E-state index contributed by atoms with van der Waals surface area (Å²) in [5, 5.41) is 13.2. The maximum Gasteiger partial charge on any atom is 0.339 e. The number of urea groups is 1. The van der Waals surface area contributed by atoms with Crippen molar-refractivity contribution >= 4 is 17.7 Å². The number of nitrogens with one attached hydrogen (secondary N) is 2. The summed E-state index contributed by atoms with van der Waals surface area (Å²) in [6, 6.07) is 4.40. The van der Waals surface area contributed by atoms with E-state index < -0.39 is 30.8 Å². The molecule has 0 spiro atoms. The Hall–Kier alpha value is -2.97. The maximum absolute atomic E-state index is 13.2. The second-order valence-corrected chi connectivity index (χ2v) is 4.50. The van der Waals surface area contributed by atoms with Crippen LogP contribution in [0.4, 0.5) is 23.7 Å². The van der Waals surface area contributed by atoms with Crippen LogP contribution in [-0.4, -0.2) is 34.6 Å². The summed E-state index contributed by atoms with van der Waals surface area (Å²) in [4.78, 5) is 22.7. The number of amides is 2. The Morgan fingerprint density at radius 1 is 1.26 bits per heavy atom. The Morgan fingerprint density at radius 3 is 2.61 bits per heavy atom. The molecule has 1 aromatic carbocycles. The maximum atomic E-state index is 13.2. The minimum absolute atomic E-state index is 0.103. The summed E-state index contributed by atoms with van der Waals surface area (Å²) >= 11 is 0. The van der Waals surface area contributed by atoms with E-state index >= 15 is 0 Å². The zero-order valence-electron chi connectivity index (χ0n) is 11.6. The van der Waals surface area contributed by atoms with Crippen molar-refractivity contribution in [2.75, 3.05) is 11.9 Å². The van der Waals surface area contributed by atoms with Crippen LogP contribution in [0.5, 0.6) is 0 Å². The van der Waals surface area contributed by atoms with E-state index in [1.807, 2.05) is 5.32 Å². The number of anilines is 1. The number of benzene rings is 1.